The number of nitrogens with zero attached hydrogens (tertiary/aromatic N) is 2. The number of pyridine rings is 1. The number of carbonyl (C=O) groups excluding carboxylic acids is 1. The summed E-state index contributed by atoms with van der Waals surface area (Å²) in [6.45, 7) is 1.99. The maximum Gasteiger partial charge on any atom is 0.256 e. The lowest BCUT2D eigenvalue weighted by Crippen LogP contribution is -2.14. The van der Waals surface area contributed by atoms with Gasteiger partial charge in [-0.05, 0) is 55.0 Å². The minimum Gasteiger partial charge on any atom is -0.306 e. The number of rotatable bonds is 3. The van der Waals surface area contributed by atoms with Crippen LogP contribution in [0.4, 0.5) is 5.82 Å². The van der Waals surface area contributed by atoms with Gasteiger partial charge in [-0.15, -0.1) is 0 Å². The van der Waals surface area contributed by atoms with Crippen molar-refractivity contribution in [3.63, 3.8) is 0 Å². The Morgan fingerprint density at radius 2 is 1.78 bits per heavy atom. The highest BCUT2D eigenvalue weighted by Gasteiger charge is 2.18. The summed E-state index contributed by atoms with van der Waals surface area (Å²) in [5.74, 6) is 0.435. The Labute approximate surface area is 169 Å². The Morgan fingerprint density at radius 3 is 2.48 bits per heavy atom. The molecule has 0 saturated heterocycles. The van der Waals surface area contributed by atoms with Gasteiger partial charge in [0.25, 0.3) is 5.91 Å². The first-order valence-corrected chi connectivity index (χ1v) is 9.50. The third-order valence-corrected chi connectivity index (χ3v) is 5.08. The van der Waals surface area contributed by atoms with E-state index in [9.17, 15) is 4.79 Å². The number of imidazole rings is 1. The molecule has 6 heteroatoms. The number of aryl methyl sites for hydroxylation is 1. The maximum absolute atomic E-state index is 12.8. The van der Waals surface area contributed by atoms with Crippen molar-refractivity contribution in [1.29, 1.82) is 0 Å². The van der Waals surface area contributed by atoms with Crippen molar-refractivity contribution < 1.29 is 4.79 Å². The van der Waals surface area contributed by atoms with E-state index in [1.165, 1.54) is 0 Å². The van der Waals surface area contributed by atoms with E-state index in [0.29, 0.717) is 22.1 Å². The molecule has 0 aliphatic carbocycles. The number of fused-ring (bicyclic) bond motifs is 1. The van der Waals surface area contributed by atoms with Gasteiger partial charge in [-0.3, -0.25) is 9.20 Å². The molecular formula is C21H15BrClN3O. The van der Waals surface area contributed by atoms with Crippen LogP contribution in [0.15, 0.2) is 71.3 Å². The molecule has 134 valence electrons. The number of nitrogens with one attached hydrogen (secondary N) is 1. The molecule has 0 spiro atoms. The lowest BCUT2D eigenvalue weighted by atomic mass is 10.1. The van der Waals surface area contributed by atoms with E-state index in [-0.39, 0.29) is 5.91 Å². The Hall–Kier alpha value is -2.63. The highest BCUT2D eigenvalue weighted by atomic mass is 79.9. The van der Waals surface area contributed by atoms with Crippen LogP contribution >= 0.6 is 27.5 Å². The van der Waals surface area contributed by atoms with Crippen molar-refractivity contribution in [3.05, 3.63) is 87.5 Å². The summed E-state index contributed by atoms with van der Waals surface area (Å²) in [5.41, 5.74) is 3.98. The molecule has 0 unspecified atom stereocenters. The van der Waals surface area contributed by atoms with E-state index in [2.05, 4.69) is 21.2 Å². The maximum atomic E-state index is 12.8. The van der Waals surface area contributed by atoms with Gasteiger partial charge >= 0.3 is 0 Å². The first kappa shape index (κ1) is 17.8. The zero-order valence-corrected chi connectivity index (χ0v) is 16.8. The molecule has 0 aliphatic heterocycles. The van der Waals surface area contributed by atoms with Crippen molar-refractivity contribution >= 4 is 44.9 Å². The molecule has 4 aromatic rings. The molecule has 0 radical (unpaired) electrons. The van der Waals surface area contributed by atoms with Gasteiger partial charge in [0.15, 0.2) is 0 Å². The van der Waals surface area contributed by atoms with E-state index in [0.717, 1.165) is 21.2 Å². The molecule has 1 N–H and O–H groups in total. The number of hydrogen-bond acceptors (Lipinski definition) is 2. The van der Waals surface area contributed by atoms with Crippen LogP contribution in [0.1, 0.15) is 15.9 Å². The summed E-state index contributed by atoms with van der Waals surface area (Å²) in [6, 6.07) is 18.6. The molecule has 2 heterocycles. The van der Waals surface area contributed by atoms with Crippen LogP contribution in [-0.2, 0) is 0 Å². The number of benzene rings is 2. The Kier molecular flexibility index (Phi) is 4.72. The molecular weight excluding hydrogens is 426 g/mol. The topological polar surface area (TPSA) is 46.4 Å². The number of hydrogen-bond donors (Lipinski definition) is 1. The second-order valence-electron chi connectivity index (χ2n) is 6.16. The van der Waals surface area contributed by atoms with Crippen molar-refractivity contribution in [3.8, 4) is 11.3 Å². The smallest absolute Gasteiger partial charge is 0.256 e. The molecule has 1 amide bonds. The summed E-state index contributed by atoms with van der Waals surface area (Å²) in [4.78, 5) is 17.6. The normalized spacial score (nSPS) is 10.9. The number of aromatic nitrogens is 2. The highest BCUT2D eigenvalue weighted by molar-refractivity contribution is 9.10. The van der Waals surface area contributed by atoms with Crippen molar-refractivity contribution in [2.75, 3.05) is 5.32 Å². The lowest BCUT2D eigenvalue weighted by Gasteiger charge is -2.08. The second-order valence-corrected chi connectivity index (χ2v) is 7.51. The van der Waals surface area contributed by atoms with Gasteiger partial charge in [-0.1, -0.05) is 45.7 Å². The van der Waals surface area contributed by atoms with Gasteiger partial charge in [-0.25, -0.2) is 4.98 Å². The van der Waals surface area contributed by atoms with E-state index < -0.39 is 0 Å². The highest BCUT2D eigenvalue weighted by Crippen LogP contribution is 2.31. The summed E-state index contributed by atoms with van der Waals surface area (Å²) < 4.78 is 2.82. The fraction of sp³-hybridized carbons (Fsp3) is 0.0476. The molecule has 0 saturated carbocycles. The average molecular weight is 441 g/mol. The van der Waals surface area contributed by atoms with Crippen LogP contribution in [0.2, 0.25) is 5.02 Å². The number of anilines is 1. The van der Waals surface area contributed by atoms with Gasteiger partial charge < -0.3 is 5.32 Å². The molecule has 4 nitrogen and oxygen atoms in total. The van der Waals surface area contributed by atoms with Gasteiger partial charge in [0.05, 0.1) is 0 Å². The fourth-order valence-electron chi connectivity index (χ4n) is 2.91. The fourth-order valence-corrected chi connectivity index (χ4v) is 3.30. The standard InChI is InChI=1S/C21H15BrClN3O/c1-13-3-2-12-26-19(13)24-18(14-6-10-17(23)11-7-14)20(26)25-21(27)15-4-8-16(22)9-5-15/h2-12H,1H3,(H,25,27). The molecule has 0 bridgehead atoms. The third-order valence-electron chi connectivity index (χ3n) is 4.30. The van der Waals surface area contributed by atoms with Crippen LogP contribution in [0.5, 0.6) is 0 Å². The van der Waals surface area contributed by atoms with Gasteiger partial charge in [0.2, 0.25) is 0 Å². The van der Waals surface area contributed by atoms with Crippen molar-refractivity contribution in [1.82, 2.24) is 9.38 Å². The Morgan fingerprint density at radius 1 is 1.07 bits per heavy atom. The van der Waals surface area contributed by atoms with Gasteiger partial charge in [-0.2, -0.15) is 0 Å². The second kappa shape index (κ2) is 7.18. The summed E-state index contributed by atoms with van der Waals surface area (Å²) in [7, 11) is 0. The van der Waals surface area contributed by atoms with Gasteiger partial charge in [0, 0.05) is 26.8 Å². The molecule has 2 aromatic carbocycles. The van der Waals surface area contributed by atoms with Crippen LogP contribution < -0.4 is 5.32 Å². The van der Waals surface area contributed by atoms with Crippen LogP contribution in [0, 0.1) is 6.92 Å². The van der Waals surface area contributed by atoms with Crippen molar-refractivity contribution in [2.45, 2.75) is 6.92 Å². The number of amides is 1. The quantitative estimate of drug-likeness (QED) is 0.426. The zero-order chi connectivity index (χ0) is 19.0. The number of carbonyl (C=O) groups is 1. The first-order valence-electron chi connectivity index (χ1n) is 8.33. The monoisotopic (exact) mass is 439 g/mol. The largest absolute Gasteiger partial charge is 0.306 e. The summed E-state index contributed by atoms with van der Waals surface area (Å²) in [5, 5.41) is 3.67. The molecule has 2 aromatic heterocycles. The predicted octanol–water partition coefficient (Wildman–Crippen LogP) is 5.98. The molecule has 0 aliphatic rings. The zero-order valence-electron chi connectivity index (χ0n) is 14.4. The summed E-state index contributed by atoms with van der Waals surface area (Å²) in [6.07, 6.45) is 1.89. The molecule has 27 heavy (non-hydrogen) atoms. The SMILES string of the molecule is Cc1cccn2c(NC(=O)c3ccc(Br)cc3)c(-c3ccc(Cl)cc3)nc12. The lowest BCUT2D eigenvalue weighted by molar-refractivity contribution is 0.102. The average Bonchev–Trinajstić information content (AvgIpc) is 3.03. The first-order chi connectivity index (χ1) is 13.0. The Bertz CT molecular complexity index is 1130. The van der Waals surface area contributed by atoms with E-state index >= 15 is 0 Å². The minimum atomic E-state index is -0.194. The number of halogens is 2. The molecule has 0 atom stereocenters. The van der Waals surface area contributed by atoms with E-state index in [1.807, 2.05) is 66.1 Å². The van der Waals surface area contributed by atoms with Crippen LogP contribution in [0.3, 0.4) is 0 Å². The van der Waals surface area contributed by atoms with Crippen LogP contribution in [0.25, 0.3) is 16.9 Å². The van der Waals surface area contributed by atoms with Crippen molar-refractivity contribution in [2.24, 2.45) is 0 Å². The van der Waals surface area contributed by atoms with Gasteiger partial charge in [0.1, 0.15) is 17.2 Å². The molecule has 0 fully saturated rings. The van der Waals surface area contributed by atoms with E-state index in [1.54, 1.807) is 12.1 Å². The van der Waals surface area contributed by atoms with Crippen LogP contribution in [-0.4, -0.2) is 15.3 Å². The minimum absolute atomic E-state index is 0.194. The summed E-state index contributed by atoms with van der Waals surface area (Å²) >= 11 is 9.41. The predicted molar refractivity (Wildman–Crippen MR) is 112 cm³/mol. The van der Waals surface area contributed by atoms with E-state index in [4.69, 9.17) is 16.6 Å². The Balaban J connectivity index is 1.83. The third kappa shape index (κ3) is 3.48. The molecule has 4 rings (SSSR count).